The van der Waals surface area contributed by atoms with Gasteiger partial charge < -0.3 is 13.9 Å². The fraction of sp³-hybridized carbons (Fsp3) is 0.0833. The summed E-state index contributed by atoms with van der Waals surface area (Å²) in [5, 5.41) is 4.87. The average Bonchev–Trinajstić information content (AvgIpc) is 3.23. The second-order valence-corrected chi connectivity index (χ2v) is 11.2. The standard InChI is InChI=1S/C24H16Br2I2N2O4/c1-32-20-7-14(6-19(28)23(20)33-12-13-2-4-17(27)5-3-13)11-29-30-24(31)21-9-15-8-16(25)10-18(26)22(15)34-21/h2-11H,12H2,1H3,(H,30,31)/b29-11-. The zero-order valence-electron chi connectivity index (χ0n) is 17.6. The number of ether oxygens (including phenoxy) is 2. The maximum absolute atomic E-state index is 12.5. The van der Waals surface area contributed by atoms with Crippen molar-refractivity contribution in [3.05, 3.63) is 87.6 Å². The average molecular weight is 810 g/mol. The normalized spacial score (nSPS) is 11.2. The van der Waals surface area contributed by atoms with E-state index in [0.29, 0.717) is 23.7 Å². The molecule has 0 spiro atoms. The molecule has 0 bridgehead atoms. The number of carbonyl (C=O) groups is 1. The van der Waals surface area contributed by atoms with Crippen LogP contribution in [0.5, 0.6) is 11.5 Å². The molecular formula is C24H16Br2I2N2O4. The van der Waals surface area contributed by atoms with Crippen molar-refractivity contribution in [1.82, 2.24) is 5.43 Å². The fourth-order valence-electron chi connectivity index (χ4n) is 3.10. The van der Waals surface area contributed by atoms with Crippen molar-refractivity contribution in [2.75, 3.05) is 7.11 Å². The van der Waals surface area contributed by atoms with E-state index in [2.05, 4.69) is 87.6 Å². The van der Waals surface area contributed by atoms with Gasteiger partial charge in [0.25, 0.3) is 0 Å². The van der Waals surface area contributed by atoms with E-state index in [1.54, 1.807) is 25.5 Å². The van der Waals surface area contributed by atoms with Crippen molar-refractivity contribution in [1.29, 1.82) is 0 Å². The SMILES string of the molecule is COc1cc(/C=N\NC(=O)c2cc3cc(Br)cc(Br)c3o2)cc(I)c1OCc1ccc(I)cc1. The van der Waals surface area contributed by atoms with Gasteiger partial charge in [0.2, 0.25) is 0 Å². The smallest absolute Gasteiger partial charge is 0.307 e. The number of halogens is 4. The number of nitrogens with zero attached hydrogens (tertiary/aromatic N) is 1. The largest absolute Gasteiger partial charge is 0.493 e. The van der Waals surface area contributed by atoms with E-state index < -0.39 is 5.91 Å². The number of amides is 1. The first-order valence-electron chi connectivity index (χ1n) is 9.81. The van der Waals surface area contributed by atoms with E-state index in [-0.39, 0.29) is 5.76 Å². The van der Waals surface area contributed by atoms with Gasteiger partial charge in [-0.15, -0.1) is 0 Å². The van der Waals surface area contributed by atoms with Crippen LogP contribution in [0, 0.1) is 7.14 Å². The predicted octanol–water partition coefficient (Wildman–Crippen LogP) is 7.52. The quantitative estimate of drug-likeness (QED) is 0.119. The lowest BCUT2D eigenvalue weighted by molar-refractivity contribution is 0.0929. The summed E-state index contributed by atoms with van der Waals surface area (Å²) >= 11 is 11.3. The second-order valence-electron chi connectivity index (χ2n) is 7.06. The molecule has 34 heavy (non-hydrogen) atoms. The highest BCUT2D eigenvalue weighted by Gasteiger charge is 2.15. The van der Waals surface area contributed by atoms with Gasteiger partial charge in [0, 0.05) is 13.4 Å². The van der Waals surface area contributed by atoms with Crippen molar-refractivity contribution < 1.29 is 18.7 Å². The number of methoxy groups -OCH3 is 1. The van der Waals surface area contributed by atoms with E-state index >= 15 is 0 Å². The van der Waals surface area contributed by atoms with Crippen molar-refractivity contribution in [3.8, 4) is 11.5 Å². The van der Waals surface area contributed by atoms with Crippen molar-refractivity contribution in [2.45, 2.75) is 6.61 Å². The van der Waals surface area contributed by atoms with Crippen LogP contribution in [-0.2, 0) is 6.61 Å². The van der Waals surface area contributed by atoms with Gasteiger partial charge >= 0.3 is 5.91 Å². The molecule has 3 aromatic carbocycles. The molecule has 0 aliphatic rings. The Hall–Kier alpha value is -1.64. The molecule has 0 unspecified atom stereocenters. The molecule has 0 fully saturated rings. The Morgan fingerprint density at radius 1 is 1.12 bits per heavy atom. The van der Waals surface area contributed by atoms with Gasteiger partial charge in [0.15, 0.2) is 17.3 Å². The third-order valence-electron chi connectivity index (χ3n) is 4.69. The van der Waals surface area contributed by atoms with Crippen LogP contribution in [0.4, 0.5) is 0 Å². The van der Waals surface area contributed by atoms with Gasteiger partial charge in [-0.3, -0.25) is 4.79 Å². The monoisotopic (exact) mass is 808 g/mol. The van der Waals surface area contributed by atoms with E-state index in [0.717, 1.165) is 29.0 Å². The van der Waals surface area contributed by atoms with Gasteiger partial charge in [-0.25, -0.2) is 5.43 Å². The highest BCUT2D eigenvalue weighted by Crippen LogP contribution is 2.34. The van der Waals surface area contributed by atoms with E-state index in [1.165, 1.54) is 3.57 Å². The minimum Gasteiger partial charge on any atom is -0.493 e. The molecular weight excluding hydrogens is 794 g/mol. The predicted molar refractivity (Wildman–Crippen MR) is 156 cm³/mol. The Morgan fingerprint density at radius 2 is 1.88 bits per heavy atom. The molecule has 0 saturated heterocycles. The second kappa shape index (κ2) is 11.4. The minimum absolute atomic E-state index is 0.164. The summed E-state index contributed by atoms with van der Waals surface area (Å²) in [4.78, 5) is 12.5. The summed E-state index contributed by atoms with van der Waals surface area (Å²) in [6, 6.07) is 17.2. The zero-order valence-corrected chi connectivity index (χ0v) is 25.1. The molecule has 0 atom stereocenters. The first kappa shape index (κ1) is 25.5. The molecule has 4 aromatic rings. The highest BCUT2D eigenvalue weighted by atomic mass is 127. The van der Waals surface area contributed by atoms with E-state index in [1.807, 2.05) is 42.5 Å². The summed E-state index contributed by atoms with van der Waals surface area (Å²) in [5.74, 6) is 0.951. The molecule has 1 aromatic heterocycles. The number of nitrogens with one attached hydrogen (secondary N) is 1. The lowest BCUT2D eigenvalue weighted by atomic mass is 10.2. The Labute approximate surface area is 240 Å². The zero-order chi connectivity index (χ0) is 24.2. The molecule has 0 radical (unpaired) electrons. The van der Waals surface area contributed by atoms with Crippen LogP contribution in [0.1, 0.15) is 21.7 Å². The number of rotatable bonds is 7. The molecule has 174 valence electrons. The molecule has 1 amide bonds. The minimum atomic E-state index is -0.449. The van der Waals surface area contributed by atoms with E-state index in [4.69, 9.17) is 13.9 Å². The number of carbonyl (C=O) groups excluding carboxylic acids is 1. The summed E-state index contributed by atoms with van der Waals surface area (Å²) < 4.78 is 20.9. The summed E-state index contributed by atoms with van der Waals surface area (Å²) in [6.07, 6.45) is 1.54. The van der Waals surface area contributed by atoms with Crippen LogP contribution < -0.4 is 14.9 Å². The number of hydrogen-bond donors (Lipinski definition) is 1. The molecule has 10 heteroatoms. The Morgan fingerprint density at radius 3 is 2.62 bits per heavy atom. The van der Waals surface area contributed by atoms with Crippen LogP contribution in [0.3, 0.4) is 0 Å². The molecule has 0 saturated carbocycles. The lowest BCUT2D eigenvalue weighted by Crippen LogP contribution is -2.16. The van der Waals surface area contributed by atoms with Crippen molar-refractivity contribution >= 4 is 100 Å². The molecule has 1 N–H and O–H groups in total. The van der Waals surface area contributed by atoms with Crippen molar-refractivity contribution in [2.24, 2.45) is 5.10 Å². The number of hydrogen-bond acceptors (Lipinski definition) is 5. The topological polar surface area (TPSA) is 73.1 Å². The third kappa shape index (κ3) is 6.13. The maximum Gasteiger partial charge on any atom is 0.307 e. The third-order valence-corrected chi connectivity index (χ3v) is 7.25. The number of hydrazone groups is 1. The van der Waals surface area contributed by atoms with Crippen molar-refractivity contribution in [3.63, 3.8) is 0 Å². The van der Waals surface area contributed by atoms with E-state index in [9.17, 15) is 4.79 Å². The fourth-order valence-corrected chi connectivity index (χ4v) is 5.58. The first-order valence-corrected chi connectivity index (χ1v) is 13.5. The van der Waals surface area contributed by atoms with Crippen LogP contribution in [-0.4, -0.2) is 19.2 Å². The summed E-state index contributed by atoms with van der Waals surface area (Å²) in [5.41, 5.74) is 4.91. The number of furan rings is 1. The lowest BCUT2D eigenvalue weighted by Gasteiger charge is -2.13. The van der Waals surface area contributed by atoms with Gasteiger partial charge in [-0.1, -0.05) is 28.1 Å². The van der Waals surface area contributed by atoms with Gasteiger partial charge in [0.1, 0.15) is 12.2 Å². The Balaban J connectivity index is 1.45. The Bertz CT molecular complexity index is 1390. The Kier molecular flexibility index (Phi) is 8.53. The van der Waals surface area contributed by atoms with Crippen LogP contribution in [0.25, 0.3) is 11.0 Å². The van der Waals surface area contributed by atoms with Gasteiger partial charge in [-0.2, -0.15) is 5.10 Å². The highest BCUT2D eigenvalue weighted by molar-refractivity contribution is 14.1. The maximum atomic E-state index is 12.5. The summed E-state index contributed by atoms with van der Waals surface area (Å²) in [6.45, 7) is 0.428. The molecule has 0 aliphatic carbocycles. The molecule has 1 heterocycles. The van der Waals surface area contributed by atoms with Crippen LogP contribution in [0.15, 0.2) is 73.1 Å². The molecule has 4 rings (SSSR count). The molecule has 6 nitrogen and oxygen atoms in total. The van der Waals surface area contributed by atoms with Gasteiger partial charge in [-0.05, 0) is 115 Å². The molecule has 0 aliphatic heterocycles. The van der Waals surface area contributed by atoms with Crippen LogP contribution in [0.2, 0.25) is 0 Å². The number of fused-ring (bicyclic) bond motifs is 1. The van der Waals surface area contributed by atoms with Crippen LogP contribution >= 0.6 is 77.0 Å². The number of benzene rings is 3. The first-order chi connectivity index (χ1) is 16.3. The van der Waals surface area contributed by atoms with Gasteiger partial charge in [0.05, 0.1) is 21.4 Å². The summed E-state index contributed by atoms with van der Waals surface area (Å²) in [7, 11) is 1.59.